The van der Waals surface area contributed by atoms with Crippen LogP contribution in [0.5, 0.6) is 5.75 Å². The van der Waals surface area contributed by atoms with Crippen molar-refractivity contribution in [3.63, 3.8) is 0 Å². The standard InChI is InChI=1S/C15H14F3NOS/c1-20-11-7-6-10(12(16)8-11)9-19-13-4-2-3-5-14(13)21-15(17)18/h2-8,15,19H,9H2,1H3. The van der Waals surface area contributed by atoms with Crippen LogP contribution >= 0.6 is 11.8 Å². The molecule has 0 saturated carbocycles. The van der Waals surface area contributed by atoms with E-state index in [0.717, 1.165) is 0 Å². The second-order valence-electron chi connectivity index (χ2n) is 4.19. The maximum Gasteiger partial charge on any atom is 0.288 e. The smallest absolute Gasteiger partial charge is 0.288 e. The molecule has 0 unspecified atom stereocenters. The molecular formula is C15H14F3NOS. The Hall–Kier alpha value is -1.82. The summed E-state index contributed by atoms with van der Waals surface area (Å²) in [6.07, 6.45) is 0. The number of thioether (sulfide) groups is 1. The molecule has 0 amide bonds. The Balaban J connectivity index is 2.09. The van der Waals surface area contributed by atoms with Crippen molar-refractivity contribution in [2.45, 2.75) is 17.2 Å². The van der Waals surface area contributed by atoms with Crippen molar-refractivity contribution >= 4 is 17.4 Å². The van der Waals surface area contributed by atoms with Gasteiger partial charge in [-0.25, -0.2) is 4.39 Å². The molecule has 0 aliphatic carbocycles. The number of anilines is 1. The van der Waals surface area contributed by atoms with E-state index in [4.69, 9.17) is 4.74 Å². The summed E-state index contributed by atoms with van der Waals surface area (Å²) < 4.78 is 43.7. The molecule has 0 saturated heterocycles. The van der Waals surface area contributed by atoms with Crippen LogP contribution in [0.3, 0.4) is 0 Å². The van der Waals surface area contributed by atoms with Gasteiger partial charge in [0.1, 0.15) is 11.6 Å². The van der Waals surface area contributed by atoms with Gasteiger partial charge in [-0.2, -0.15) is 8.78 Å². The van der Waals surface area contributed by atoms with Gasteiger partial charge in [0.25, 0.3) is 5.76 Å². The van der Waals surface area contributed by atoms with Gasteiger partial charge < -0.3 is 10.1 Å². The summed E-state index contributed by atoms with van der Waals surface area (Å²) in [5.74, 6) is -2.46. The third-order valence-corrected chi connectivity index (χ3v) is 3.62. The van der Waals surface area contributed by atoms with Gasteiger partial charge in [0, 0.05) is 28.8 Å². The number of para-hydroxylation sites is 1. The largest absolute Gasteiger partial charge is 0.497 e. The van der Waals surface area contributed by atoms with Crippen LogP contribution in [0.4, 0.5) is 18.9 Å². The van der Waals surface area contributed by atoms with Gasteiger partial charge in [-0.15, -0.1) is 0 Å². The highest BCUT2D eigenvalue weighted by atomic mass is 32.2. The zero-order valence-electron chi connectivity index (χ0n) is 11.3. The summed E-state index contributed by atoms with van der Waals surface area (Å²) in [6.45, 7) is 0.205. The van der Waals surface area contributed by atoms with Gasteiger partial charge >= 0.3 is 0 Å². The number of hydrogen-bond acceptors (Lipinski definition) is 3. The predicted octanol–water partition coefficient (Wildman–Crippen LogP) is 4.76. The molecule has 112 valence electrons. The molecule has 0 aliphatic rings. The van der Waals surface area contributed by atoms with E-state index in [1.807, 2.05) is 0 Å². The van der Waals surface area contributed by atoms with E-state index in [1.165, 1.54) is 13.2 Å². The fraction of sp³-hybridized carbons (Fsp3) is 0.200. The van der Waals surface area contributed by atoms with Gasteiger partial charge in [0.2, 0.25) is 0 Å². The molecular weight excluding hydrogens is 299 g/mol. The fourth-order valence-corrected chi connectivity index (χ4v) is 2.42. The Labute approximate surface area is 125 Å². The van der Waals surface area contributed by atoms with Gasteiger partial charge in [-0.1, -0.05) is 30.0 Å². The van der Waals surface area contributed by atoms with Crippen molar-refractivity contribution in [1.82, 2.24) is 0 Å². The number of rotatable bonds is 6. The maximum atomic E-state index is 13.8. The summed E-state index contributed by atoms with van der Waals surface area (Å²) in [6, 6.07) is 11.3. The lowest BCUT2D eigenvalue weighted by Crippen LogP contribution is -2.03. The molecule has 0 heterocycles. The molecule has 21 heavy (non-hydrogen) atoms. The molecule has 0 spiro atoms. The molecule has 0 bridgehead atoms. The van der Waals surface area contributed by atoms with Crippen LogP contribution in [0.25, 0.3) is 0 Å². The highest BCUT2D eigenvalue weighted by molar-refractivity contribution is 7.99. The van der Waals surface area contributed by atoms with E-state index < -0.39 is 11.6 Å². The van der Waals surface area contributed by atoms with E-state index in [2.05, 4.69) is 5.32 Å². The molecule has 0 radical (unpaired) electrons. The number of hydrogen-bond donors (Lipinski definition) is 1. The Kier molecular flexibility index (Phi) is 5.38. The maximum absolute atomic E-state index is 13.8. The Morgan fingerprint density at radius 2 is 1.95 bits per heavy atom. The first-order chi connectivity index (χ1) is 10.1. The van der Waals surface area contributed by atoms with Crippen molar-refractivity contribution in [2.75, 3.05) is 12.4 Å². The van der Waals surface area contributed by atoms with Crippen LogP contribution in [0.15, 0.2) is 47.4 Å². The third-order valence-electron chi connectivity index (χ3n) is 2.83. The van der Waals surface area contributed by atoms with Gasteiger partial charge in [0.15, 0.2) is 0 Å². The van der Waals surface area contributed by atoms with E-state index in [0.29, 0.717) is 33.7 Å². The molecule has 0 atom stereocenters. The molecule has 0 aromatic heterocycles. The number of nitrogens with one attached hydrogen (secondary N) is 1. The SMILES string of the molecule is COc1ccc(CNc2ccccc2SC(F)F)c(F)c1. The van der Waals surface area contributed by atoms with E-state index in [1.54, 1.807) is 36.4 Å². The molecule has 2 aromatic carbocycles. The molecule has 2 rings (SSSR count). The molecule has 1 N–H and O–H groups in total. The number of halogens is 3. The molecule has 2 nitrogen and oxygen atoms in total. The lowest BCUT2D eigenvalue weighted by molar-refractivity contribution is 0.252. The number of ether oxygens (including phenoxy) is 1. The predicted molar refractivity (Wildman–Crippen MR) is 78.6 cm³/mol. The average Bonchev–Trinajstić information content (AvgIpc) is 2.46. The number of alkyl halides is 2. The van der Waals surface area contributed by atoms with Crippen molar-refractivity contribution in [3.8, 4) is 5.75 Å². The molecule has 2 aromatic rings. The van der Waals surface area contributed by atoms with Crippen LogP contribution in [-0.2, 0) is 6.54 Å². The quantitative estimate of drug-likeness (QED) is 0.777. The van der Waals surface area contributed by atoms with Crippen molar-refractivity contribution in [3.05, 3.63) is 53.8 Å². The summed E-state index contributed by atoms with van der Waals surface area (Å²) in [5.41, 5.74) is 0.991. The van der Waals surface area contributed by atoms with Crippen LogP contribution < -0.4 is 10.1 Å². The molecule has 0 aliphatic heterocycles. The lowest BCUT2D eigenvalue weighted by atomic mass is 10.2. The van der Waals surface area contributed by atoms with Crippen LogP contribution in [-0.4, -0.2) is 12.9 Å². The zero-order valence-corrected chi connectivity index (χ0v) is 12.1. The zero-order chi connectivity index (χ0) is 15.2. The average molecular weight is 313 g/mol. The summed E-state index contributed by atoms with van der Waals surface area (Å²) in [5, 5.41) is 2.98. The second kappa shape index (κ2) is 7.26. The lowest BCUT2D eigenvalue weighted by Gasteiger charge is -2.12. The van der Waals surface area contributed by atoms with Gasteiger partial charge in [-0.05, 0) is 18.2 Å². The normalized spacial score (nSPS) is 10.7. The van der Waals surface area contributed by atoms with Crippen molar-refractivity contribution in [1.29, 1.82) is 0 Å². The van der Waals surface area contributed by atoms with E-state index in [9.17, 15) is 13.2 Å². The summed E-state index contributed by atoms with van der Waals surface area (Å²) in [4.78, 5) is 0.432. The first-order valence-electron chi connectivity index (χ1n) is 6.20. The van der Waals surface area contributed by atoms with Crippen molar-refractivity contribution < 1.29 is 17.9 Å². The second-order valence-corrected chi connectivity index (χ2v) is 5.22. The number of methoxy groups -OCH3 is 1. The minimum atomic E-state index is -2.49. The Morgan fingerprint density at radius 3 is 2.62 bits per heavy atom. The minimum absolute atomic E-state index is 0.205. The highest BCUT2D eigenvalue weighted by Crippen LogP contribution is 2.32. The first-order valence-corrected chi connectivity index (χ1v) is 7.08. The fourth-order valence-electron chi connectivity index (χ4n) is 1.80. The van der Waals surface area contributed by atoms with E-state index >= 15 is 0 Å². The van der Waals surface area contributed by atoms with E-state index in [-0.39, 0.29) is 6.54 Å². The minimum Gasteiger partial charge on any atom is -0.497 e. The first kappa shape index (κ1) is 15.6. The Bertz CT molecular complexity index is 607. The van der Waals surface area contributed by atoms with Gasteiger partial charge in [0.05, 0.1) is 7.11 Å². The topological polar surface area (TPSA) is 21.3 Å². The van der Waals surface area contributed by atoms with Crippen LogP contribution in [0.2, 0.25) is 0 Å². The van der Waals surface area contributed by atoms with Crippen LogP contribution in [0, 0.1) is 5.82 Å². The molecule has 0 fully saturated rings. The van der Waals surface area contributed by atoms with Crippen molar-refractivity contribution in [2.24, 2.45) is 0 Å². The molecule has 6 heteroatoms. The summed E-state index contributed by atoms with van der Waals surface area (Å²) in [7, 11) is 1.46. The number of benzene rings is 2. The highest BCUT2D eigenvalue weighted by Gasteiger charge is 2.10. The Morgan fingerprint density at radius 1 is 1.19 bits per heavy atom. The monoisotopic (exact) mass is 313 g/mol. The third kappa shape index (κ3) is 4.32. The van der Waals surface area contributed by atoms with Gasteiger partial charge in [-0.3, -0.25) is 0 Å². The van der Waals surface area contributed by atoms with Crippen LogP contribution in [0.1, 0.15) is 5.56 Å². The summed E-state index contributed by atoms with van der Waals surface area (Å²) >= 11 is 0.461.